The van der Waals surface area contributed by atoms with E-state index in [-0.39, 0.29) is 98.3 Å². The van der Waals surface area contributed by atoms with E-state index in [1.165, 1.54) is 197 Å². The standard InChI is InChI=1S/C47H35.C29H28BO2.C24H19Br.2Y/c1-27-24-39-43(33-19-11-8-15-29(27)33)45-35-21-13-10-18-32(35)37(26-41(45)47(39,4)5)36-25-40-44(34-20-12-9-17-31(34)36)42-30-16-7-6-14-28(30)22-23-38(42)46(40,2)3;1-27(2)22-16-15-18-11-7-8-12-19(18)25(22)26-21-14-10-9-13-20(21)24(17-23(26)27)30-31-28(3,4)29(5,6)32-30;1-14-12-19-22(17-10-6-4-8-15(14)17)23-18-11-7-5-9-16(18)21(25)13-20(23)24(19,2)3;;/h6-21,23-26H,1-5H3;7-14,16-17H,1-6H3;4-13H,1-3H3;;/q2*-1;;;. The molecule has 6 heteroatoms. The number of aryl methyl sites for hydroxylation is 2. The van der Waals surface area contributed by atoms with Crippen LogP contribution in [0.4, 0.5) is 0 Å². The van der Waals surface area contributed by atoms with Crippen LogP contribution in [0.3, 0.4) is 0 Å². The van der Waals surface area contributed by atoms with Crippen molar-refractivity contribution < 1.29 is 74.7 Å². The molecule has 1 saturated heterocycles. The molecule has 0 amide bonds. The van der Waals surface area contributed by atoms with Gasteiger partial charge in [-0.1, -0.05) is 271 Å². The van der Waals surface area contributed by atoms with Crippen LogP contribution >= 0.6 is 15.9 Å². The van der Waals surface area contributed by atoms with Crippen molar-refractivity contribution in [3.05, 3.63) is 315 Å². The number of benzene rings is 16. The van der Waals surface area contributed by atoms with Crippen LogP contribution in [0.1, 0.15) is 139 Å². The summed E-state index contributed by atoms with van der Waals surface area (Å²) >= 11 is 3.81. The van der Waals surface area contributed by atoms with Gasteiger partial charge < -0.3 is 9.31 Å². The first-order valence-electron chi connectivity index (χ1n) is 37.1. The number of fused-ring (bicyclic) bond motifs is 28. The Morgan fingerprint density at radius 3 is 0.915 bits per heavy atom. The second-order valence-electron chi connectivity index (χ2n) is 33.2. The van der Waals surface area contributed by atoms with Gasteiger partial charge in [0.1, 0.15) is 0 Å². The molecule has 1 heterocycles. The molecule has 16 aromatic rings. The Bertz CT molecular complexity index is 6380. The van der Waals surface area contributed by atoms with Crippen molar-refractivity contribution >= 4 is 115 Å². The molecule has 2 radical (unpaired) electrons. The third kappa shape index (κ3) is 10.2. The van der Waals surface area contributed by atoms with Crippen LogP contribution in [0.25, 0.3) is 142 Å². The van der Waals surface area contributed by atoms with E-state index in [1.807, 2.05) is 0 Å². The molecule has 2 nitrogen and oxygen atoms in total. The van der Waals surface area contributed by atoms with E-state index in [9.17, 15) is 0 Å². The number of rotatable bonds is 2. The van der Waals surface area contributed by atoms with Gasteiger partial charge in [-0.05, 0) is 230 Å². The van der Waals surface area contributed by atoms with Crippen molar-refractivity contribution in [3.63, 3.8) is 0 Å². The monoisotopic (exact) mass is 1580 g/mol. The van der Waals surface area contributed by atoms with E-state index in [0.717, 1.165) is 10.8 Å². The molecule has 0 atom stereocenters. The number of halogens is 1. The average Bonchev–Trinajstić information content (AvgIpc) is 1.55. The van der Waals surface area contributed by atoms with Gasteiger partial charge in [-0.15, -0.1) is 81.2 Å². The molecular weight excluding hydrogens is 1500 g/mol. The SMILES string of the molecule is CC1(C)c2c[c-]c3ccccc3c2-c2c1cc(B1OC(C)(C)C(C)(C)O1)c1ccccc21.Cc1cc2c(c3ccccc13)-c1c(cc(-c3cc4c(c5ccccc35)-c3c(c[c-]c5ccccc35)C4(C)C)c3ccccc13)C2(C)C.Cc1cc2c(c3ccccc13)-c1c(cc(Br)c3ccccc13)C2(C)C.[Y].[Y]. The van der Waals surface area contributed by atoms with E-state index < -0.39 is 7.12 Å². The average molecular weight is 1580 g/mol. The summed E-state index contributed by atoms with van der Waals surface area (Å²) in [6, 6.07) is 97.1. The Balaban J connectivity index is 0.000000122. The molecule has 512 valence electrons. The van der Waals surface area contributed by atoms with Gasteiger partial charge in [-0.3, -0.25) is 0 Å². The molecule has 0 N–H and O–H groups in total. The Morgan fingerprint density at radius 1 is 0.274 bits per heavy atom. The summed E-state index contributed by atoms with van der Waals surface area (Å²) in [5.41, 5.74) is 27.6. The maximum absolute atomic E-state index is 6.51. The van der Waals surface area contributed by atoms with Crippen LogP contribution in [-0.4, -0.2) is 18.3 Å². The summed E-state index contributed by atoms with van der Waals surface area (Å²) in [5, 5.41) is 20.7. The van der Waals surface area contributed by atoms with Crippen LogP contribution in [0.2, 0.25) is 0 Å². The van der Waals surface area contributed by atoms with E-state index in [4.69, 9.17) is 9.31 Å². The summed E-state index contributed by atoms with van der Waals surface area (Å²) in [5.74, 6) is 0. The largest absolute Gasteiger partial charge is 0.495 e. The van der Waals surface area contributed by atoms with Crippen molar-refractivity contribution in [2.75, 3.05) is 0 Å². The fourth-order valence-electron chi connectivity index (χ4n) is 19.3. The third-order valence-corrected chi connectivity index (χ3v) is 26.2. The van der Waals surface area contributed by atoms with Gasteiger partial charge in [0.25, 0.3) is 0 Å². The zero-order chi connectivity index (χ0) is 71.6. The maximum atomic E-state index is 6.51. The fourth-order valence-corrected chi connectivity index (χ4v) is 19.9. The van der Waals surface area contributed by atoms with Crippen molar-refractivity contribution in [1.29, 1.82) is 0 Å². The van der Waals surface area contributed by atoms with E-state index in [0.29, 0.717) is 0 Å². The molecule has 0 spiro atoms. The summed E-state index contributed by atoms with van der Waals surface area (Å²) in [4.78, 5) is 0. The minimum Gasteiger partial charge on any atom is -0.399 e. The molecule has 106 heavy (non-hydrogen) atoms. The van der Waals surface area contributed by atoms with Gasteiger partial charge in [-0.25, -0.2) is 0 Å². The summed E-state index contributed by atoms with van der Waals surface area (Å²) in [6.45, 7) is 32.0. The number of hydrogen-bond acceptors (Lipinski definition) is 2. The van der Waals surface area contributed by atoms with Crippen molar-refractivity contribution in [2.45, 2.75) is 130 Å². The molecule has 21 rings (SSSR count). The van der Waals surface area contributed by atoms with E-state index in [1.54, 1.807) is 0 Å². The first-order chi connectivity index (χ1) is 49.9. The van der Waals surface area contributed by atoms with E-state index in [2.05, 4.69) is 368 Å². The summed E-state index contributed by atoms with van der Waals surface area (Å²) in [7, 11) is -0.391. The summed E-state index contributed by atoms with van der Waals surface area (Å²) < 4.78 is 14.2. The number of hydrogen-bond donors (Lipinski definition) is 0. The van der Waals surface area contributed by atoms with Crippen LogP contribution in [0.15, 0.2) is 247 Å². The van der Waals surface area contributed by atoms with E-state index >= 15 is 0 Å². The molecule has 4 aliphatic carbocycles. The molecule has 0 aromatic heterocycles. The second kappa shape index (κ2) is 25.2. The second-order valence-corrected chi connectivity index (χ2v) is 34.1. The Hall–Kier alpha value is -7.73. The quantitative estimate of drug-likeness (QED) is 0.127. The zero-order valence-electron chi connectivity index (χ0n) is 63.0. The first-order valence-corrected chi connectivity index (χ1v) is 37.9. The van der Waals surface area contributed by atoms with Crippen LogP contribution < -0.4 is 5.46 Å². The smallest absolute Gasteiger partial charge is 0.399 e. The minimum atomic E-state index is -0.391. The predicted octanol–water partition coefficient (Wildman–Crippen LogP) is 26.5. The molecular formula is C100H82BBrO2Y2-2. The van der Waals surface area contributed by atoms with Gasteiger partial charge in [0.15, 0.2) is 0 Å². The molecule has 0 bridgehead atoms. The Morgan fingerprint density at radius 2 is 0.528 bits per heavy atom. The van der Waals surface area contributed by atoms with Gasteiger partial charge in [-0.2, -0.15) is 0 Å². The molecule has 5 aliphatic rings. The normalized spacial score (nSPS) is 16.3. The summed E-state index contributed by atoms with van der Waals surface area (Å²) in [6.07, 6.45) is 0. The molecule has 0 unspecified atom stereocenters. The fraction of sp³-hybridized carbons (Fsp3) is 0.200. The van der Waals surface area contributed by atoms with Crippen molar-refractivity contribution in [3.8, 4) is 55.6 Å². The minimum absolute atomic E-state index is 0. The molecule has 1 fully saturated rings. The van der Waals surface area contributed by atoms with Crippen LogP contribution in [0, 0.1) is 26.0 Å². The zero-order valence-corrected chi connectivity index (χ0v) is 70.3. The Kier molecular flexibility index (Phi) is 16.9. The third-order valence-electron chi connectivity index (χ3n) is 25.5. The first kappa shape index (κ1) is 71.2. The maximum Gasteiger partial charge on any atom is 0.495 e. The molecule has 0 saturated carbocycles. The topological polar surface area (TPSA) is 18.5 Å². The van der Waals surface area contributed by atoms with Crippen LogP contribution in [0.5, 0.6) is 0 Å². The predicted molar refractivity (Wildman–Crippen MR) is 446 cm³/mol. The van der Waals surface area contributed by atoms with Gasteiger partial charge in [0, 0.05) is 80.7 Å². The Labute approximate surface area is 682 Å². The van der Waals surface area contributed by atoms with Gasteiger partial charge in [0.05, 0.1) is 11.2 Å². The van der Waals surface area contributed by atoms with Gasteiger partial charge in [0.2, 0.25) is 0 Å². The molecule has 16 aromatic carbocycles. The van der Waals surface area contributed by atoms with Gasteiger partial charge >= 0.3 is 7.12 Å². The van der Waals surface area contributed by atoms with Crippen molar-refractivity contribution in [2.24, 2.45) is 0 Å². The van der Waals surface area contributed by atoms with Crippen LogP contribution in [-0.2, 0) is 96.4 Å². The van der Waals surface area contributed by atoms with Crippen molar-refractivity contribution in [1.82, 2.24) is 0 Å². The molecule has 1 aliphatic heterocycles.